The largest absolute Gasteiger partial charge is 0.469 e. The number of carbonyl (C=O) groups excluding carboxylic acids is 2. The Morgan fingerprint density at radius 1 is 1.04 bits per heavy atom. The van der Waals surface area contributed by atoms with E-state index in [1.54, 1.807) is 0 Å². The van der Waals surface area contributed by atoms with Gasteiger partial charge >= 0.3 is 5.97 Å². The fourth-order valence-electron chi connectivity index (χ4n) is 4.33. The van der Waals surface area contributed by atoms with E-state index < -0.39 is 0 Å². The molecule has 0 aliphatic carbocycles. The second-order valence-corrected chi connectivity index (χ2v) is 8.14. The number of carbonyl (C=O) groups is 2. The lowest BCUT2D eigenvalue weighted by atomic mass is 9.83. The molecule has 0 aromatic heterocycles. The molecule has 1 amide bonds. The van der Waals surface area contributed by atoms with Crippen LogP contribution in [0.4, 0.5) is 0 Å². The maximum atomic E-state index is 12.2. The Balaban J connectivity index is 1.40. The van der Waals surface area contributed by atoms with Crippen molar-refractivity contribution in [2.24, 2.45) is 11.8 Å². The first-order valence-corrected chi connectivity index (χ1v) is 10.2. The van der Waals surface area contributed by atoms with Gasteiger partial charge in [0, 0.05) is 37.6 Å². The topological polar surface area (TPSA) is 49.9 Å². The molecule has 5 nitrogen and oxygen atoms in total. The highest BCUT2D eigenvalue weighted by molar-refractivity contribution is 6.30. The number of ether oxygens (including phenoxy) is 1. The minimum absolute atomic E-state index is 0.0784. The van der Waals surface area contributed by atoms with Crippen molar-refractivity contribution in [3.05, 3.63) is 34.9 Å². The minimum Gasteiger partial charge on any atom is -0.469 e. The second-order valence-electron chi connectivity index (χ2n) is 7.70. The Labute approximate surface area is 166 Å². The van der Waals surface area contributed by atoms with Gasteiger partial charge in [-0.3, -0.25) is 14.5 Å². The van der Waals surface area contributed by atoms with Gasteiger partial charge < -0.3 is 9.64 Å². The van der Waals surface area contributed by atoms with Gasteiger partial charge in [0.2, 0.25) is 5.91 Å². The van der Waals surface area contributed by atoms with E-state index in [-0.39, 0.29) is 24.7 Å². The Morgan fingerprint density at radius 3 is 2.37 bits per heavy atom. The van der Waals surface area contributed by atoms with E-state index in [9.17, 15) is 9.59 Å². The first-order chi connectivity index (χ1) is 13.0. The molecular formula is C21H29ClN2O3. The number of hydrogen-bond acceptors (Lipinski definition) is 4. The number of rotatable bonds is 6. The van der Waals surface area contributed by atoms with Gasteiger partial charge in [0.25, 0.3) is 0 Å². The summed E-state index contributed by atoms with van der Waals surface area (Å²) in [6, 6.07) is 8.12. The van der Waals surface area contributed by atoms with Gasteiger partial charge in [-0.25, -0.2) is 0 Å². The summed E-state index contributed by atoms with van der Waals surface area (Å²) in [5.41, 5.74) is 1.31. The van der Waals surface area contributed by atoms with E-state index in [4.69, 9.17) is 11.6 Å². The van der Waals surface area contributed by atoms with Crippen molar-refractivity contribution in [2.75, 3.05) is 33.3 Å². The van der Waals surface area contributed by atoms with Gasteiger partial charge in [-0.2, -0.15) is 0 Å². The van der Waals surface area contributed by atoms with Crippen LogP contribution in [-0.2, 0) is 20.9 Å². The lowest BCUT2D eigenvalue weighted by molar-refractivity contribution is -0.144. The average Bonchev–Trinajstić information content (AvgIpc) is 3.16. The van der Waals surface area contributed by atoms with E-state index in [2.05, 4.69) is 21.8 Å². The molecular weight excluding hydrogens is 364 g/mol. The van der Waals surface area contributed by atoms with Crippen LogP contribution in [-0.4, -0.2) is 55.0 Å². The smallest absolute Gasteiger partial charge is 0.306 e. The van der Waals surface area contributed by atoms with Crippen LogP contribution in [0.3, 0.4) is 0 Å². The maximum Gasteiger partial charge on any atom is 0.306 e. The lowest BCUT2D eigenvalue weighted by Crippen LogP contribution is -2.40. The fourth-order valence-corrected chi connectivity index (χ4v) is 4.45. The van der Waals surface area contributed by atoms with Crippen LogP contribution >= 0.6 is 11.6 Å². The first kappa shape index (κ1) is 20.2. The molecule has 2 heterocycles. The molecule has 2 aliphatic rings. The zero-order valence-corrected chi connectivity index (χ0v) is 16.8. The molecule has 2 fully saturated rings. The standard InChI is InChI=1S/C21H29ClN2O3/c1-27-21(26)7-6-20(25)24-12-9-17(10-13-24)18-8-11-23(15-18)14-16-2-4-19(22)5-3-16/h2-5,17-18H,6-15H2,1H3. The van der Waals surface area contributed by atoms with Crippen LogP contribution in [0.1, 0.15) is 37.7 Å². The highest BCUT2D eigenvalue weighted by atomic mass is 35.5. The summed E-state index contributed by atoms with van der Waals surface area (Å²) in [5.74, 6) is 1.19. The molecule has 0 saturated carbocycles. The van der Waals surface area contributed by atoms with Crippen LogP contribution < -0.4 is 0 Å². The van der Waals surface area contributed by atoms with E-state index >= 15 is 0 Å². The fraction of sp³-hybridized carbons (Fsp3) is 0.619. The van der Waals surface area contributed by atoms with Gasteiger partial charge in [0.1, 0.15) is 0 Å². The summed E-state index contributed by atoms with van der Waals surface area (Å²) in [4.78, 5) is 27.9. The van der Waals surface area contributed by atoms with Crippen molar-refractivity contribution in [2.45, 2.75) is 38.6 Å². The van der Waals surface area contributed by atoms with E-state index in [0.29, 0.717) is 5.92 Å². The average molecular weight is 393 g/mol. The number of methoxy groups -OCH3 is 1. The number of likely N-dealkylation sites (tertiary alicyclic amines) is 2. The summed E-state index contributed by atoms with van der Waals surface area (Å²) < 4.78 is 4.61. The Bertz CT molecular complexity index is 641. The Hall–Kier alpha value is -1.59. The molecule has 1 atom stereocenters. The minimum atomic E-state index is -0.315. The normalized spacial score (nSPS) is 21.4. The molecule has 1 unspecified atom stereocenters. The van der Waals surface area contributed by atoms with Crippen LogP contribution in [0.25, 0.3) is 0 Å². The highest BCUT2D eigenvalue weighted by Crippen LogP contribution is 2.32. The SMILES string of the molecule is COC(=O)CCC(=O)N1CCC(C2CCN(Cc3ccc(Cl)cc3)C2)CC1. The van der Waals surface area contributed by atoms with Gasteiger partial charge in [-0.15, -0.1) is 0 Å². The van der Waals surface area contributed by atoms with Crippen LogP contribution in [0.15, 0.2) is 24.3 Å². The summed E-state index contributed by atoms with van der Waals surface area (Å²) in [6.07, 6.45) is 3.83. The van der Waals surface area contributed by atoms with Crippen LogP contribution in [0, 0.1) is 11.8 Å². The molecule has 1 aromatic carbocycles. The third-order valence-electron chi connectivity index (χ3n) is 5.96. The highest BCUT2D eigenvalue weighted by Gasteiger charge is 2.32. The quantitative estimate of drug-likeness (QED) is 0.696. The molecule has 0 N–H and O–H groups in total. The van der Waals surface area contributed by atoms with E-state index in [1.165, 1.54) is 19.1 Å². The second kappa shape index (κ2) is 9.56. The molecule has 0 bridgehead atoms. The molecule has 2 aliphatic heterocycles. The number of esters is 1. The van der Waals surface area contributed by atoms with Crippen molar-refractivity contribution in [1.82, 2.24) is 9.80 Å². The number of amides is 1. The van der Waals surface area contributed by atoms with Crippen molar-refractivity contribution >= 4 is 23.5 Å². The number of benzene rings is 1. The van der Waals surface area contributed by atoms with Gasteiger partial charge in [-0.05, 0) is 55.3 Å². The van der Waals surface area contributed by atoms with Gasteiger partial charge in [0.15, 0.2) is 0 Å². The first-order valence-electron chi connectivity index (χ1n) is 9.86. The van der Waals surface area contributed by atoms with E-state index in [0.717, 1.165) is 56.5 Å². The predicted octanol–water partition coefficient (Wildman–Crippen LogP) is 3.35. The third-order valence-corrected chi connectivity index (χ3v) is 6.21. The molecule has 27 heavy (non-hydrogen) atoms. The van der Waals surface area contributed by atoms with E-state index in [1.807, 2.05) is 17.0 Å². The van der Waals surface area contributed by atoms with Crippen LogP contribution in [0.2, 0.25) is 5.02 Å². The van der Waals surface area contributed by atoms with Crippen molar-refractivity contribution in [3.63, 3.8) is 0 Å². The van der Waals surface area contributed by atoms with Gasteiger partial charge in [0.05, 0.1) is 13.5 Å². The Kier molecular flexibility index (Phi) is 7.13. The molecule has 2 saturated heterocycles. The number of nitrogens with zero attached hydrogens (tertiary/aromatic N) is 2. The molecule has 3 rings (SSSR count). The third kappa shape index (κ3) is 5.69. The Morgan fingerprint density at radius 2 is 1.70 bits per heavy atom. The predicted molar refractivity (Wildman–Crippen MR) is 105 cm³/mol. The van der Waals surface area contributed by atoms with Crippen LogP contribution in [0.5, 0.6) is 0 Å². The molecule has 6 heteroatoms. The zero-order chi connectivity index (χ0) is 19.2. The molecule has 0 radical (unpaired) electrons. The van der Waals surface area contributed by atoms with Crippen molar-refractivity contribution in [3.8, 4) is 0 Å². The summed E-state index contributed by atoms with van der Waals surface area (Å²) >= 11 is 5.97. The number of hydrogen-bond donors (Lipinski definition) is 0. The number of piperidine rings is 1. The van der Waals surface area contributed by atoms with Gasteiger partial charge in [-0.1, -0.05) is 23.7 Å². The van der Waals surface area contributed by atoms with Crippen molar-refractivity contribution < 1.29 is 14.3 Å². The van der Waals surface area contributed by atoms with Crippen molar-refractivity contribution in [1.29, 1.82) is 0 Å². The maximum absolute atomic E-state index is 12.2. The molecule has 1 aromatic rings. The molecule has 0 spiro atoms. The summed E-state index contributed by atoms with van der Waals surface area (Å²) in [6.45, 7) is 4.91. The summed E-state index contributed by atoms with van der Waals surface area (Å²) in [5, 5.41) is 0.783. The monoisotopic (exact) mass is 392 g/mol. The lowest BCUT2D eigenvalue weighted by Gasteiger charge is -2.35. The summed E-state index contributed by atoms with van der Waals surface area (Å²) in [7, 11) is 1.36. The molecule has 148 valence electrons. The zero-order valence-electron chi connectivity index (χ0n) is 16.0. The number of halogens is 1.